The number of rotatable bonds is 5. The molecule has 3 rings (SSSR count). The van der Waals surface area contributed by atoms with Gasteiger partial charge in [-0.1, -0.05) is 5.16 Å². The Balaban J connectivity index is 1.66. The summed E-state index contributed by atoms with van der Waals surface area (Å²) in [6.07, 6.45) is 2.05. The highest BCUT2D eigenvalue weighted by atomic mass is 19.1. The Kier molecular flexibility index (Phi) is 4.07. The third-order valence-electron chi connectivity index (χ3n) is 3.61. The number of hydrogen-bond donors (Lipinski definition) is 2. The van der Waals surface area contributed by atoms with Crippen molar-refractivity contribution in [3.05, 3.63) is 47.2 Å². The van der Waals surface area contributed by atoms with Gasteiger partial charge < -0.3 is 15.6 Å². The van der Waals surface area contributed by atoms with Crippen LogP contribution in [0, 0.1) is 5.82 Å². The number of amides is 1. The molecule has 0 aliphatic carbocycles. The number of aryl methyl sites for hydroxylation is 1. The highest BCUT2D eigenvalue weighted by molar-refractivity contribution is 5.94. The van der Waals surface area contributed by atoms with Crippen molar-refractivity contribution < 1.29 is 13.7 Å². The minimum Gasteiger partial charge on any atom is -0.356 e. The molecule has 2 heterocycles. The molecule has 0 unspecified atom stereocenters. The lowest BCUT2D eigenvalue weighted by atomic mass is 10.1. The molecule has 7 nitrogen and oxygen atoms in total. The summed E-state index contributed by atoms with van der Waals surface area (Å²) in [5.41, 5.74) is 7.79. The zero-order valence-electron chi connectivity index (χ0n) is 12.5. The molecule has 0 bridgehead atoms. The molecule has 0 aliphatic heterocycles. The Morgan fingerprint density at radius 2 is 2.30 bits per heavy atom. The number of nitrogens with one attached hydrogen (secondary N) is 1. The predicted molar refractivity (Wildman–Crippen MR) is 81.1 cm³/mol. The van der Waals surface area contributed by atoms with Gasteiger partial charge in [-0.25, -0.2) is 4.39 Å². The van der Waals surface area contributed by atoms with Crippen LogP contribution in [0.1, 0.15) is 21.7 Å². The van der Waals surface area contributed by atoms with Crippen LogP contribution in [0.2, 0.25) is 0 Å². The smallest absolute Gasteiger partial charge is 0.269 e. The molecule has 3 aromatic rings. The summed E-state index contributed by atoms with van der Waals surface area (Å²) < 4.78 is 19.7. The minimum absolute atomic E-state index is 0.246. The molecule has 0 fully saturated rings. The lowest BCUT2D eigenvalue weighted by molar-refractivity contribution is 0.0943. The highest BCUT2D eigenvalue weighted by Gasteiger charge is 2.16. The number of nitrogens with two attached hydrogens (primary N) is 1. The summed E-state index contributed by atoms with van der Waals surface area (Å²) in [6, 6.07) is 4.25. The third-order valence-corrected chi connectivity index (χ3v) is 3.61. The lowest BCUT2D eigenvalue weighted by Crippen LogP contribution is -2.29. The van der Waals surface area contributed by atoms with Crippen LogP contribution in [0.4, 0.5) is 4.39 Å². The van der Waals surface area contributed by atoms with E-state index in [0.717, 1.165) is 5.39 Å². The Labute approximate surface area is 131 Å². The normalized spacial score (nSPS) is 11.1. The van der Waals surface area contributed by atoms with Gasteiger partial charge in [0.25, 0.3) is 5.91 Å². The van der Waals surface area contributed by atoms with Crippen LogP contribution in [-0.4, -0.2) is 27.4 Å². The first-order valence-corrected chi connectivity index (χ1v) is 7.13. The topological polar surface area (TPSA) is 99.0 Å². The predicted octanol–water partition coefficient (Wildman–Crippen LogP) is 1.13. The first-order chi connectivity index (χ1) is 11.1. The average molecular weight is 317 g/mol. The summed E-state index contributed by atoms with van der Waals surface area (Å²) in [4.78, 5) is 12.2. The van der Waals surface area contributed by atoms with Crippen molar-refractivity contribution in [2.75, 3.05) is 6.54 Å². The number of nitrogens with zero attached hydrogens (tertiary/aromatic N) is 3. The van der Waals surface area contributed by atoms with Crippen molar-refractivity contribution in [2.24, 2.45) is 12.8 Å². The molecular formula is C15H16FN5O2. The van der Waals surface area contributed by atoms with Crippen LogP contribution in [0.15, 0.2) is 28.9 Å². The third kappa shape index (κ3) is 2.93. The molecule has 0 aliphatic rings. The van der Waals surface area contributed by atoms with Crippen LogP contribution < -0.4 is 11.1 Å². The van der Waals surface area contributed by atoms with Gasteiger partial charge >= 0.3 is 0 Å². The van der Waals surface area contributed by atoms with Crippen molar-refractivity contribution >= 4 is 16.9 Å². The van der Waals surface area contributed by atoms with Gasteiger partial charge in [0.2, 0.25) is 0 Å². The van der Waals surface area contributed by atoms with Gasteiger partial charge in [0.15, 0.2) is 5.58 Å². The maximum absolute atomic E-state index is 13.1. The summed E-state index contributed by atoms with van der Waals surface area (Å²) in [7, 11) is 1.69. The largest absolute Gasteiger partial charge is 0.356 e. The molecule has 0 saturated heterocycles. The van der Waals surface area contributed by atoms with Crippen LogP contribution in [0.3, 0.4) is 0 Å². The van der Waals surface area contributed by atoms with Crippen molar-refractivity contribution in [3.63, 3.8) is 0 Å². The Morgan fingerprint density at radius 1 is 1.48 bits per heavy atom. The van der Waals surface area contributed by atoms with Crippen molar-refractivity contribution in [3.8, 4) is 0 Å². The fourth-order valence-corrected chi connectivity index (χ4v) is 2.45. The number of carbonyl (C=O) groups is 1. The Hall–Kier alpha value is -2.74. The summed E-state index contributed by atoms with van der Waals surface area (Å²) in [5, 5.41) is 11.5. The number of fused-ring (bicyclic) bond motifs is 1. The standard InChI is InChI=1S/C15H16FN5O2/c1-21-14(9(7-17)8-19-21)15(22)18-5-4-12-11-3-2-10(16)6-13(11)23-20-12/h2-3,6,8H,4-5,7,17H2,1H3,(H,18,22). The van der Waals surface area contributed by atoms with Gasteiger partial charge in [0.1, 0.15) is 11.5 Å². The van der Waals surface area contributed by atoms with E-state index in [9.17, 15) is 9.18 Å². The van der Waals surface area contributed by atoms with Crippen LogP contribution in [-0.2, 0) is 20.0 Å². The first kappa shape index (κ1) is 15.2. The molecule has 0 saturated carbocycles. The van der Waals surface area contributed by atoms with Crippen LogP contribution in [0.25, 0.3) is 11.0 Å². The van der Waals surface area contributed by atoms with E-state index in [-0.39, 0.29) is 18.3 Å². The summed E-state index contributed by atoms with van der Waals surface area (Å²) in [6.45, 7) is 0.614. The second kappa shape index (κ2) is 6.17. The lowest BCUT2D eigenvalue weighted by Gasteiger charge is -2.06. The number of hydrogen-bond acceptors (Lipinski definition) is 5. The fraction of sp³-hybridized carbons (Fsp3) is 0.267. The molecule has 0 atom stereocenters. The minimum atomic E-state index is -0.376. The number of halogens is 1. The first-order valence-electron chi connectivity index (χ1n) is 7.13. The van der Waals surface area contributed by atoms with E-state index in [2.05, 4.69) is 15.6 Å². The van der Waals surface area contributed by atoms with E-state index in [4.69, 9.17) is 10.3 Å². The monoisotopic (exact) mass is 317 g/mol. The maximum atomic E-state index is 13.1. The quantitative estimate of drug-likeness (QED) is 0.735. The molecule has 1 amide bonds. The van der Waals surface area contributed by atoms with Gasteiger partial charge in [-0.3, -0.25) is 9.48 Å². The Bertz CT molecular complexity index is 855. The van der Waals surface area contributed by atoms with Gasteiger partial charge in [-0.2, -0.15) is 5.10 Å². The van der Waals surface area contributed by atoms with Crippen molar-refractivity contribution in [2.45, 2.75) is 13.0 Å². The number of carbonyl (C=O) groups excluding carboxylic acids is 1. The van der Waals surface area contributed by atoms with Crippen LogP contribution >= 0.6 is 0 Å². The van der Waals surface area contributed by atoms with E-state index in [1.165, 1.54) is 16.8 Å². The molecular weight excluding hydrogens is 301 g/mol. The Morgan fingerprint density at radius 3 is 3.09 bits per heavy atom. The van der Waals surface area contributed by atoms with E-state index in [1.54, 1.807) is 19.3 Å². The number of aromatic nitrogens is 3. The van der Waals surface area contributed by atoms with E-state index < -0.39 is 0 Å². The average Bonchev–Trinajstić information content (AvgIpc) is 3.10. The SMILES string of the molecule is Cn1ncc(CN)c1C(=O)NCCc1noc2cc(F)ccc12. The number of benzene rings is 1. The second-order valence-electron chi connectivity index (χ2n) is 5.12. The van der Waals surface area contributed by atoms with Crippen LogP contribution in [0.5, 0.6) is 0 Å². The maximum Gasteiger partial charge on any atom is 0.269 e. The molecule has 0 spiro atoms. The second-order valence-corrected chi connectivity index (χ2v) is 5.12. The summed E-state index contributed by atoms with van der Waals surface area (Å²) >= 11 is 0. The zero-order chi connectivity index (χ0) is 16.4. The fourth-order valence-electron chi connectivity index (χ4n) is 2.45. The molecule has 2 aromatic heterocycles. The van der Waals surface area contributed by atoms with Gasteiger partial charge in [-0.05, 0) is 12.1 Å². The van der Waals surface area contributed by atoms with Crippen molar-refractivity contribution in [1.82, 2.24) is 20.3 Å². The molecule has 8 heteroatoms. The van der Waals surface area contributed by atoms with Crippen molar-refractivity contribution in [1.29, 1.82) is 0 Å². The molecule has 120 valence electrons. The van der Waals surface area contributed by atoms with E-state index in [0.29, 0.717) is 35.5 Å². The van der Waals surface area contributed by atoms with E-state index in [1.807, 2.05) is 0 Å². The molecule has 1 aromatic carbocycles. The molecule has 23 heavy (non-hydrogen) atoms. The van der Waals surface area contributed by atoms with Gasteiger partial charge in [-0.15, -0.1) is 0 Å². The highest BCUT2D eigenvalue weighted by Crippen LogP contribution is 2.19. The summed E-state index contributed by atoms with van der Waals surface area (Å²) in [5.74, 6) is -0.622. The zero-order valence-corrected chi connectivity index (χ0v) is 12.5. The van der Waals surface area contributed by atoms with Gasteiger partial charge in [0, 0.05) is 43.6 Å². The molecule has 3 N–H and O–H groups in total. The molecule has 0 radical (unpaired) electrons. The van der Waals surface area contributed by atoms with E-state index >= 15 is 0 Å². The van der Waals surface area contributed by atoms with Gasteiger partial charge in [0.05, 0.1) is 11.9 Å².